The first-order valence-electron chi connectivity index (χ1n) is 24.7. The predicted molar refractivity (Wildman–Crippen MR) is 292 cm³/mol. The number of rotatable bonds is 6. The van der Waals surface area contributed by atoms with Gasteiger partial charge in [-0.2, -0.15) is 10.5 Å². The lowest BCUT2D eigenvalue weighted by Gasteiger charge is -2.42. The highest BCUT2D eigenvalue weighted by atomic mass is 31.2. The molecule has 8 aromatic rings. The van der Waals surface area contributed by atoms with Crippen LogP contribution in [0.15, 0.2) is 164 Å². The van der Waals surface area contributed by atoms with Gasteiger partial charge in [0.1, 0.15) is 11.8 Å². The van der Waals surface area contributed by atoms with E-state index in [0.29, 0.717) is 89.9 Å². The Balaban J connectivity index is 1.33. The molecule has 0 spiro atoms. The molecule has 0 saturated carbocycles. The normalized spacial score (nSPS) is 16.1. The summed E-state index contributed by atoms with van der Waals surface area (Å²) in [5.41, 5.74) is 9.18. The predicted octanol–water partition coefficient (Wildman–Crippen LogP) is 15.8. The molecule has 73 heavy (non-hydrogen) atoms. The lowest BCUT2D eigenvalue weighted by molar-refractivity contribution is 0.472. The number of anilines is 7. The zero-order chi connectivity index (χ0) is 50.6. The quantitative estimate of drug-likeness (QED) is 0.120. The van der Waals surface area contributed by atoms with Crippen LogP contribution in [0.2, 0.25) is 0 Å². The minimum atomic E-state index is -4.03. The second-order valence-corrected chi connectivity index (χ2v) is 24.0. The molecule has 8 aromatic carbocycles. The van der Waals surface area contributed by atoms with Crippen LogP contribution < -0.4 is 40.1 Å². The molecule has 2 unspecified atom stereocenters. The molecular formula is C63H51N6O3P. The van der Waals surface area contributed by atoms with E-state index in [1.807, 2.05) is 91.0 Å². The number of nitrogens with zero attached hydrogens (tertiary/aromatic N) is 6. The van der Waals surface area contributed by atoms with Gasteiger partial charge in [-0.25, -0.2) is 4.85 Å². The number of fused-ring (bicyclic) bond motifs is 9. The minimum absolute atomic E-state index is 0.242. The summed E-state index contributed by atoms with van der Waals surface area (Å²) in [5.74, 6) is 1.99. The maximum atomic E-state index is 18.2. The fraction of sp³-hybridized carbons (Fsp3) is 0.190. The Morgan fingerprint density at radius 2 is 1.03 bits per heavy atom. The Labute approximate surface area is 426 Å². The monoisotopic (exact) mass is 970 g/mol. The topological polar surface area (TPSA) is 97.2 Å². The summed E-state index contributed by atoms with van der Waals surface area (Å²) in [7, 11) is -4.03. The van der Waals surface area contributed by atoms with Crippen molar-refractivity contribution in [1.82, 2.24) is 0 Å². The third-order valence-electron chi connectivity index (χ3n) is 14.9. The molecule has 2 atom stereocenters. The first-order valence-corrected chi connectivity index (χ1v) is 26.4. The summed E-state index contributed by atoms with van der Waals surface area (Å²) in [6.07, 6.45) is 1.54. The molecule has 1 saturated heterocycles. The van der Waals surface area contributed by atoms with Crippen LogP contribution in [0, 0.1) is 29.2 Å². The van der Waals surface area contributed by atoms with E-state index in [1.165, 1.54) is 0 Å². The molecule has 4 heterocycles. The third kappa shape index (κ3) is 7.04. The van der Waals surface area contributed by atoms with Gasteiger partial charge in [-0.15, -0.1) is 0 Å². The van der Waals surface area contributed by atoms with Gasteiger partial charge in [0.2, 0.25) is 0 Å². The van der Waals surface area contributed by atoms with Crippen LogP contribution in [0.25, 0.3) is 4.85 Å². The second kappa shape index (κ2) is 16.8. The molecule has 0 amide bonds. The number of hydrogen-bond acceptors (Lipinski definition) is 8. The Morgan fingerprint density at radius 3 is 1.53 bits per heavy atom. The highest BCUT2D eigenvalue weighted by molar-refractivity contribution is 7.85. The average Bonchev–Trinajstić information content (AvgIpc) is 3.98. The first-order chi connectivity index (χ1) is 35.2. The summed E-state index contributed by atoms with van der Waals surface area (Å²) in [6.45, 7) is 21.1. The van der Waals surface area contributed by atoms with Gasteiger partial charge in [0, 0.05) is 27.9 Å². The van der Waals surface area contributed by atoms with E-state index in [9.17, 15) is 10.5 Å². The molecule has 4 aliphatic heterocycles. The average molecular weight is 971 g/mol. The minimum Gasteiger partial charge on any atom is -0.454 e. The van der Waals surface area contributed by atoms with Crippen LogP contribution >= 0.6 is 7.14 Å². The highest BCUT2D eigenvalue weighted by Crippen LogP contribution is 2.66. The van der Waals surface area contributed by atoms with Crippen molar-refractivity contribution in [2.45, 2.75) is 77.3 Å². The van der Waals surface area contributed by atoms with Gasteiger partial charge in [-0.1, -0.05) is 139 Å². The molecule has 1 fully saturated rings. The van der Waals surface area contributed by atoms with Gasteiger partial charge in [0.05, 0.1) is 75.3 Å². The first kappa shape index (κ1) is 45.6. The van der Waals surface area contributed by atoms with Gasteiger partial charge in [0.25, 0.3) is 0 Å². The standard InChI is InChI=1S/C63H51N6O3P/c1-62(2,3)40-24-28-48-54(34-40)72-56-36-42(66-7)26-30-50(56)68(48)59-46(38-65)57-51-31-32-52(67(51)43-17-11-8-12-18-43)58(57)61(73(70,44-19-13-9-14-20-44)45-21-15-10-16-22-45)60(59)69-47-27-23-39(37-64)33-53(47)71-55-35-41(63(4,5)6)25-29-49(55)69/h8-30,33-36,51-52H,31-32H2,1-6H3. The van der Waals surface area contributed by atoms with Crippen molar-refractivity contribution in [3.63, 3.8) is 0 Å². The summed E-state index contributed by atoms with van der Waals surface area (Å²) in [6, 6.07) is 58.0. The maximum Gasteiger partial charge on any atom is 0.191 e. The van der Waals surface area contributed by atoms with E-state index in [4.69, 9.17) is 16.0 Å². The van der Waals surface area contributed by atoms with Crippen LogP contribution in [-0.4, -0.2) is 0 Å². The maximum absolute atomic E-state index is 18.2. The summed E-state index contributed by atoms with van der Waals surface area (Å²) in [4.78, 5) is 10.5. The Bertz CT molecular complexity index is 3720. The summed E-state index contributed by atoms with van der Waals surface area (Å²) < 4.78 is 32.0. The lowest BCUT2D eigenvalue weighted by atomic mass is 9.84. The van der Waals surface area contributed by atoms with Gasteiger partial charge in [-0.05, 0) is 101 Å². The van der Waals surface area contributed by atoms with E-state index in [1.54, 1.807) is 24.3 Å². The number of para-hydroxylation sites is 1. The second-order valence-electron chi connectivity index (χ2n) is 21.3. The van der Waals surface area contributed by atoms with Crippen LogP contribution in [0.3, 0.4) is 0 Å². The van der Waals surface area contributed by atoms with Crippen LogP contribution in [-0.2, 0) is 15.4 Å². The Hall–Kier alpha value is -8.54. The highest BCUT2D eigenvalue weighted by Gasteiger charge is 2.54. The number of nitriles is 2. The van der Waals surface area contributed by atoms with E-state index in [0.717, 1.165) is 40.8 Å². The van der Waals surface area contributed by atoms with Gasteiger partial charge in [-0.3, -0.25) is 0 Å². The number of benzene rings is 8. The zero-order valence-electron chi connectivity index (χ0n) is 41.5. The fourth-order valence-electron chi connectivity index (χ4n) is 11.5. The molecule has 0 radical (unpaired) electrons. The van der Waals surface area contributed by atoms with Crippen molar-refractivity contribution < 1.29 is 14.0 Å². The third-order valence-corrected chi connectivity index (χ3v) is 18.1. The molecule has 4 aliphatic rings. The van der Waals surface area contributed by atoms with Gasteiger partial charge < -0.3 is 28.7 Å². The van der Waals surface area contributed by atoms with E-state index < -0.39 is 7.14 Å². The molecule has 10 heteroatoms. The smallest absolute Gasteiger partial charge is 0.191 e. The molecule has 0 aromatic heterocycles. The number of ether oxygens (including phenoxy) is 2. The van der Waals surface area contributed by atoms with Crippen molar-refractivity contribution in [3.05, 3.63) is 209 Å². The molecular weight excluding hydrogens is 920 g/mol. The molecule has 0 N–H and O–H groups in total. The molecule has 2 bridgehead atoms. The van der Waals surface area contributed by atoms with Crippen molar-refractivity contribution >= 4 is 68.6 Å². The van der Waals surface area contributed by atoms with E-state index >= 15 is 4.57 Å². The van der Waals surface area contributed by atoms with Crippen LogP contribution in [0.4, 0.5) is 45.5 Å². The molecule has 12 rings (SSSR count). The zero-order valence-corrected chi connectivity index (χ0v) is 42.4. The Morgan fingerprint density at radius 1 is 0.562 bits per heavy atom. The molecule has 356 valence electrons. The van der Waals surface area contributed by atoms with Crippen LogP contribution in [0.1, 0.15) is 99.8 Å². The van der Waals surface area contributed by atoms with E-state index in [2.05, 4.69) is 122 Å². The van der Waals surface area contributed by atoms with Crippen molar-refractivity contribution in [3.8, 4) is 35.1 Å². The Kier molecular flexibility index (Phi) is 10.5. The lowest BCUT2D eigenvalue weighted by Crippen LogP contribution is -2.36. The fourth-order valence-corrected chi connectivity index (χ4v) is 14.6. The molecule has 9 nitrogen and oxygen atoms in total. The molecule has 0 aliphatic carbocycles. The summed E-state index contributed by atoms with van der Waals surface area (Å²) in [5, 5.41) is 24.6. The number of hydrogen-bond donors (Lipinski definition) is 0. The van der Waals surface area contributed by atoms with Gasteiger partial charge in [0.15, 0.2) is 30.1 Å². The van der Waals surface area contributed by atoms with Crippen molar-refractivity contribution in [1.29, 1.82) is 10.5 Å². The van der Waals surface area contributed by atoms with Crippen LogP contribution in [0.5, 0.6) is 23.0 Å². The van der Waals surface area contributed by atoms with Gasteiger partial charge >= 0.3 is 0 Å². The largest absolute Gasteiger partial charge is 0.454 e. The van der Waals surface area contributed by atoms with Crippen molar-refractivity contribution in [2.75, 3.05) is 14.7 Å². The summed E-state index contributed by atoms with van der Waals surface area (Å²) >= 11 is 0. The van der Waals surface area contributed by atoms with Crippen molar-refractivity contribution in [2.24, 2.45) is 0 Å². The van der Waals surface area contributed by atoms with E-state index in [-0.39, 0.29) is 22.9 Å². The SMILES string of the molecule is [C-]#[N+]c1ccc2c(c1)Oc1cc(C(C)(C)C)ccc1N2c1c(C#N)c2c(c(P(=O)(c3ccccc3)c3ccccc3)c1N1c3ccc(C#N)cc3Oc3cc(C(C)(C)C)ccc31)C1CCC2N1c1ccccc1.